The van der Waals surface area contributed by atoms with Gasteiger partial charge in [0.05, 0.1) is 6.54 Å². The highest BCUT2D eigenvalue weighted by atomic mass is 16.3. The number of imidazole rings is 1. The standard InChI is InChI=1S/C27H40N4O2/c1-9-18(10-2)11-12-30-16-20(15-28)31(25(30)29)17-23(32)19-13-21(26(3,4)5)24(33)22(14-19)27(6,7)8/h13-14,16,18,29,33H,9-12,17H2,1-8H3. The maximum Gasteiger partial charge on any atom is 0.203 e. The van der Waals surface area contributed by atoms with Gasteiger partial charge in [-0.2, -0.15) is 5.26 Å². The number of hydrogen-bond acceptors (Lipinski definition) is 4. The Morgan fingerprint density at radius 1 is 1.09 bits per heavy atom. The minimum atomic E-state index is -0.343. The molecule has 0 amide bonds. The van der Waals surface area contributed by atoms with E-state index in [9.17, 15) is 15.2 Å². The number of phenols is 1. The highest BCUT2D eigenvalue weighted by Crippen LogP contribution is 2.39. The fraction of sp³-hybridized carbons (Fsp3) is 0.593. The molecule has 2 aromatic rings. The van der Waals surface area contributed by atoms with Crippen molar-refractivity contribution >= 4 is 5.78 Å². The van der Waals surface area contributed by atoms with E-state index in [1.165, 1.54) is 4.57 Å². The van der Waals surface area contributed by atoms with E-state index in [2.05, 4.69) is 19.9 Å². The van der Waals surface area contributed by atoms with Crippen molar-refractivity contribution in [3.8, 4) is 11.8 Å². The first-order valence-electron chi connectivity index (χ1n) is 11.9. The molecule has 0 bridgehead atoms. The maximum absolute atomic E-state index is 13.4. The molecule has 0 aliphatic carbocycles. The zero-order valence-corrected chi connectivity index (χ0v) is 21.5. The lowest BCUT2D eigenvalue weighted by atomic mass is 9.78. The average Bonchev–Trinajstić information content (AvgIpc) is 3.02. The lowest BCUT2D eigenvalue weighted by Gasteiger charge is -2.28. The number of ketones is 1. The summed E-state index contributed by atoms with van der Waals surface area (Å²) in [6.07, 6.45) is 4.79. The second-order valence-corrected chi connectivity index (χ2v) is 11.0. The zero-order chi connectivity index (χ0) is 25.1. The van der Waals surface area contributed by atoms with E-state index in [0.29, 0.717) is 23.7 Å². The van der Waals surface area contributed by atoms with E-state index in [0.717, 1.165) is 30.4 Å². The molecule has 1 aromatic carbocycles. The molecule has 0 atom stereocenters. The van der Waals surface area contributed by atoms with Crippen LogP contribution < -0.4 is 5.62 Å². The predicted molar refractivity (Wildman–Crippen MR) is 132 cm³/mol. The van der Waals surface area contributed by atoms with Crippen molar-refractivity contribution < 1.29 is 9.90 Å². The first kappa shape index (κ1) is 26.4. The Morgan fingerprint density at radius 3 is 2.03 bits per heavy atom. The van der Waals surface area contributed by atoms with Gasteiger partial charge < -0.3 is 9.67 Å². The Bertz CT molecular complexity index is 1060. The lowest BCUT2D eigenvalue weighted by molar-refractivity contribution is 0.0969. The third kappa shape index (κ3) is 5.96. The van der Waals surface area contributed by atoms with Gasteiger partial charge in [0.2, 0.25) is 5.62 Å². The van der Waals surface area contributed by atoms with Crippen molar-refractivity contribution in [1.82, 2.24) is 9.13 Å². The van der Waals surface area contributed by atoms with Gasteiger partial charge in [-0.3, -0.25) is 14.8 Å². The topological polar surface area (TPSA) is 94.8 Å². The van der Waals surface area contributed by atoms with Crippen LogP contribution in [0, 0.1) is 22.7 Å². The van der Waals surface area contributed by atoms with E-state index >= 15 is 0 Å². The average molecular weight is 453 g/mol. The van der Waals surface area contributed by atoms with Gasteiger partial charge in [0.1, 0.15) is 17.5 Å². The Kier molecular flexibility index (Phi) is 8.00. The summed E-state index contributed by atoms with van der Waals surface area (Å²) in [6, 6.07) is 5.65. The van der Waals surface area contributed by atoms with Crippen LogP contribution in [0.15, 0.2) is 18.3 Å². The molecule has 6 nitrogen and oxygen atoms in total. The van der Waals surface area contributed by atoms with Gasteiger partial charge in [-0.1, -0.05) is 68.2 Å². The number of carbonyl (C=O) groups is 1. The van der Waals surface area contributed by atoms with Crippen molar-refractivity contribution in [1.29, 1.82) is 10.7 Å². The van der Waals surface area contributed by atoms with Crippen LogP contribution in [-0.2, 0) is 23.9 Å². The molecule has 6 heteroatoms. The van der Waals surface area contributed by atoms with Gasteiger partial charge in [-0.05, 0) is 35.3 Å². The van der Waals surface area contributed by atoms with E-state index in [1.807, 2.05) is 41.5 Å². The number of nitrogens with zero attached hydrogens (tertiary/aromatic N) is 3. The smallest absolute Gasteiger partial charge is 0.203 e. The van der Waals surface area contributed by atoms with E-state index in [-0.39, 0.29) is 34.5 Å². The molecule has 0 saturated carbocycles. The summed E-state index contributed by atoms with van der Waals surface area (Å²) in [5.74, 6) is 0.625. The number of carbonyl (C=O) groups excluding carboxylic acids is 1. The molecule has 0 unspecified atom stereocenters. The molecule has 1 heterocycles. The van der Waals surface area contributed by atoms with Gasteiger partial charge in [-0.25, -0.2) is 0 Å². The predicted octanol–water partition coefficient (Wildman–Crippen LogP) is 5.65. The van der Waals surface area contributed by atoms with Crippen molar-refractivity contribution in [2.45, 2.75) is 98.6 Å². The molecule has 1 aromatic heterocycles. The van der Waals surface area contributed by atoms with Crippen LogP contribution in [0.25, 0.3) is 0 Å². The molecule has 0 aliphatic heterocycles. The Hall–Kier alpha value is -2.81. The van der Waals surface area contributed by atoms with Crippen molar-refractivity contribution in [3.05, 3.63) is 46.3 Å². The van der Waals surface area contributed by atoms with Crippen LogP contribution in [0.4, 0.5) is 0 Å². The van der Waals surface area contributed by atoms with E-state index in [4.69, 9.17) is 5.41 Å². The second-order valence-electron chi connectivity index (χ2n) is 11.0. The molecule has 0 saturated heterocycles. The molecular weight excluding hydrogens is 412 g/mol. The number of hydrogen-bond donors (Lipinski definition) is 2. The molecule has 2 N–H and O–H groups in total. The molecule has 0 spiro atoms. The number of aromatic hydroxyl groups is 1. The van der Waals surface area contributed by atoms with Gasteiger partial charge >= 0.3 is 0 Å². The van der Waals surface area contributed by atoms with Crippen molar-refractivity contribution in [2.75, 3.05) is 0 Å². The van der Waals surface area contributed by atoms with Crippen LogP contribution in [0.2, 0.25) is 0 Å². The van der Waals surface area contributed by atoms with E-state index < -0.39 is 0 Å². The van der Waals surface area contributed by atoms with Crippen LogP contribution in [0.3, 0.4) is 0 Å². The third-order valence-corrected chi connectivity index (χ3v) is 6.49. The number of nitriles is 1. The normalized spacial score (nSPS) is 12.2. The zero-order valence-electron chi connectivity index (χ0n) is 21.5. The first-order valence-corrected chi connectivity index (χ1v) is 11.9. The molecule has 2 rings (SSSR count). The maximum atomic E-state index is 13.4. The van der Waals surface area contributed by atoms with Gasteiger partial charge in [0.25, 0.3) is 0 Å². The number of nitrogens with one attached hydrogen (secondary N) is 1. The highest BCUT2D eigenvalue weighted by Gasteiger charge is 2.28. The minimum absolute atomic E-state index is 0.0857. The number of benzene rings is 1. The molecule has 33 heavy (non-hydrogen) atoms. The summed E-state index contributed by atoms with van der Waals surface area (Å²) in [4.78, 5) is 13.4. The fourth-order valence-electron chi connectivity index (χ4n) is 4.16. The second kappa shape index (κ2) is 9.99. The number of Topliss-reactive ketones (excluding diaryl/α,β-unsaturated/α-hetero) is 1. The lowest BCUT2D eigenvalue weighted by Crippen LogP contribution is -2.29. The van der Waals surface area contributed by atoms with Crippen LogP contribution in [0.5, 0.6) is 5.75 Å². The molecular formula is C27H40N4O2. The van der Waals surface area contributed by atoms with E-state index in [1.54, 1.807) is 22.9 Å². The molecule has 0 radical (unpaired) electrons. The van der Waals surface area contributed by atoms with Gasteiger partial charge in [0.15, 0.2) is 5.78 Å². The molecule has 0 aliphatic rings. The van der Waals surface area contributed by atoms with Crippen molar-refractivity contribution in [2.24, 2.45) is 5.92 Å². The largest absolute Gasteiger partial charge is 0.507 e. The number of aromatic nitrogens is 2. The summed E-state index contributed by atoms with van der Waals surface area (Å²) >= 11 is 0. The Balaban J connectivity index is 2.46. The van der Waals surface area contributed by atoms with Crippen LogP contribution >= 0.6 is 0 Å². The summed E-state index contributed by atoms with van der Waals surface area (Å²) < 4.78 is 3.25. The van der Waals surface area contributed by atoms with Crippen LogP contribution in [0.1, 0.15) is 102 Å². The summed E-state index contributed by atoms with van der Waals surface area (Å²) in [6.45, 7) is 16.9. The molecule has 180 valence electrons. The highest BCUT2D eigenvalue weighted by molar-refractivity contribution is 5.96. The fourth-order valence-corrected chi connectivity index (χ4v) is 4.16. The Labute approximate surface area is 198 Å². The number of aryl methyl sites for hydroxylation is 1. The van der Waals surface area contributed by atoms with Gasteiger partial charge in [-0.15, -0.1) is 0 Å². The number of phenolic OH excluding ortho intramolecular Hbond substituents is 1. The monoisotopic (exact) mass is 452 g/mol. The van der Waals surface area contributed by atoms with Crippen LogP contribution in [-0.4, -0.2) is 20.0 Å². The molecule has 0 fully saturated rings. The van der Waals surface area contributed by atoms with Crippen molar-refractivity contribution in [3.63, 3.8) is 0 Å². The summed E-state index contributed by atoms with van der Waals surface area (Å²) in [5, 5.41) is 29.2. The SMILES string of the molecule is CCC(CC)CCn1cc(C#N)n(CC(=O)c2cc(C(C)(C)C)c(O)c(C(C)(C)C)c2)c1=N. The third-order valence-electron chi connectivity index (χ3n) is 6.49. The quantitative estimate of drug-likeness (QED) is 0.507. The first-order chi connectivity index (χ1) is 15.2. The summed E-state index contributed by atoms with van der Waals surface area (Å²) in [5.41, 5.74) is 1.72. The Morgan fingerprint density at radius 2 is 1.61 bits per heavy atom. The summed E-state index contributed by atoms with van der Waals surface area (Å²) in [7, 11) is 0. The van der Waals surface area contributed by atoms with Gasteiger partial charge in [0, 0.05) is 29.4 Å². The minimum Gasteiger partial charge on any atom is -0.507 e. The number of rotatable bonds is 8.